The lowest BCUT2D eigenvalue weighted by Crippen LogP contribution is -2.20. The fourth-order valence-electron chi connectivity index (χ4n) is 2.66. The Morgan fingerprint density at radius 2 is 2.06 bits per heavy atom. The van der Waals surface area contributed by atoms with Crippen LogP contribution < -0.4 is 0 Å². The Labute approximate surface area is 96.9 Å². The van der Waals surface area contributed by atoms with Crippen molar-refractivity contribution in [1.29, 1.82) is 0 Å². The van der Waals surface area contributed by atoms with Crippen LogP contribution in [0.1, 0.15) is 50.7 Å². The Kier molecular flexibility index (Phi) is 3.88. The molecule has 0 aliphatic heterocycles. The molecular weight excluding hydrogens is 200 g/mol. The average molecular weight is 220 g/mol. The molecule has 1 saturated carbocycles. The van der Waals surface area contributed by atoms with Gasteiger partial charge in [0.1, 0.15) is 0 Å². The second-order valence-corrected chi connectivity index (χ2v) is 4.81. The number of hydrogen-bond donors (Lipinski definition) is 1. The van der Waals surface area contributed by atoms with Gasteiger partial charge in [-0.1, -0.05) is 26.2 Å². The highest BCUT2D eigenvalue weighted by molar-refractivity contribution is 5.10. The van der Waals surface area contributed by atoms with Gasteiger partial charge in [-0.25, -0.2) is 0 Å². The summed E-state index contributed by atoms with van der Waals surface area (Å²) in [6.45, 7) is 2.26. The zero-order chi connectivity index (χ0) is 11.4. The smallest absolute Gasteiger partial charge is 0.0834 e. The maximum Gasteiger partial charge on any atom is 0.0834 e. The van der Waals surface area contributed by atoms with E-state index in [9.17, 15) is 5.11 Å². The van der Waals surface area contributed by atoms with Crippen LogP contribution in [-0.2, 0) is 0 Å². The third kappa shape index (κ3) is 2.59. The molecule has 0 bridgehead atoms. The molecule has 0 spiro atoms. The SMILES string of the molecule is CCC1CCC(C(O)c2ccnnc2)CC1. The third-order valence-electron chi connectivity index (χ3n) is 3.86. The zero-order valence-corrected chi connectivity index (χ0v) is 9.84. The van der Waals surface area contributed by atoms with Gasteiger partial charge in [0.15, 0.2) is 0 Å². The molecule has 3 heteroatoms. The molecule has 2 rings (SSSR count). The van der Waals surface area contributed by atoms with E-state index in [2.05, 4.69) is 17.1 Å². The largest absolute Gasteiger partial charge is 0.388 e. The number of hydrogen-bond acceptors (Lipinski definition) is 3. The molecule has 1 heterocycles. The minimum absolute atomic E-state index is 0.353. The van der Waals surface area contributed by atoms with E-state index in [1.54, 1.807) is 12.4 Å². The highest BCUT2D eigenvalue weighted by Crippen LogP contribution is 2.37. The monoisotopic (exact) mass is 220 g/mol. The van der Waals surface area contributed by atoms with Gasteiger partial charge in [-0.15, -0.1) is 0 Å². The van der Waals surface area contributed by atoms with Crippen LogP contribution in [0.4, 0.5) is 0 Å². The molecule has 88 valence electrons. The minimum atomic E-state index is -0.353. The molecule has 0 amide bonds. The van der Waals surface area contributed by atoms with E-state index in [-0.39, 0.29) is 6.10 Å². The first kappa shape index (κ1) is 11.5. The van der Waals surface area contributed by atoms with Crippen molar-refractivity contribution in [1.82, 2.24) is 10.2 Å². The van der Waals surface area contributed by atoms with Gasteiger partial charge in [0.05, 0.1) is 12.3 Å². The molecule has 16 heavy (non-hydrogen) atoms. The third-order valence-corrected chi connectivity index (χ3v) is 3.86. The summed E-state index contributed by atoms with van der Waals surface area (Å²) in [5.41, 5.74) is 0.912. The van der Waals surface area contributed by atoms with E-state index < -0.39 is 0 Å². The normalized spacial score (nSPS) is 27.6. The molecule has 1 atom stereocenters. The van der Waals surface area contributed by atoms with Gasteiger partial charge >= 0.3 is 0 Å². The van der Waals surface area contributed by atoms with Gasteiger partial charge < -0.3 is 5.11 Å². The van der Waals surface area contributed by atoms with Gasteiger partial charge in [0.25, 0.3) is 0 Å². The Morgan fingerprint density at radius 1 is 1.31 bits per heavy atom. The van der Waals surface area contributed by atoms with Crippen LogP contribution in [0.5, 0.6) is 0 Å². The van der Waals surface area contributed by atoms with Crippen LogP contribution in [0.25, 0.3) is 0 Å². The lowest BCUT2D eigenvalue weighted by atomic mass is 9.77. The number of rotatable bonds is 3. The molecule has 1 aromatic rings. The lowest BCUT2D eigenvalue weighted by Gasteiger charge is -2.30. The van der Waals surface area contributed by atoms with Crippen LogP contribution in [-0.4, -0.2) is 15.3 Å². The van der Waals surface area contributed by atoms with Gasteiger partial charge in [0, 0.05) is 11.8 Å². The van der Waals surface area contributed by atoms with E-state index >= 15 is 0 Å². The van der Waals surface area contributed by atoms with Crippen molar-refractivity contribution in [3.05, 3.63) is 24.0 Å². The van der Waals surface area contributed by atoms with Crippen molar-refractivity contribution in [2.24, 2.45) is 11.8 Å². The maximum atomic E-state index is 10.2. The Bertz CT molecular complexity index is 307. The number of aliphatic hydroxyl groups excluding tert-OH is 1. The first-order chi connectivity index (χ1) is 7.81. The van der Waals surface area contributed by atoms with E-state index in [4.69, 9.17) is 0 Å². The summed E-state index contributed by atoms with van der Waals surface area (Å²) in [5, 5.41) is 17.8. The molecule has 1 aliphatic carbocycles. The predicted octanol–water partition coefficient (Wildman–Crippen LogP) is 2.73. The molecular formula is C13H20N2O. The molecule has 0 aromatic carbocycles. The van der Waals surface area contributed by atoms with Crippen molar-refractivity contribution in [2.45, 2.75) is 45.1 Å². The van der Waals surface area contributed by atoms with E-state index in [0.29, 0.717) is 5.92 Å². The standard InChI is InChI=1S/C13H20N2O/c1-2-10-3-5-11(6-4-10)13(16)12-7-8-14-15-9-12/h7-11,13,16H,2-6H2,1H3. The van der Waals surface area contributed by atoms with Crippen molar-refractivity contribution < 1.29 is 5.11 Å². The van der Waals surface area contributed by atoms with Crippen molar-refractivity contribution in [3.63, 3.8) is 0 Å². The Hall–Kier alpha value is -0.960. The van der Waals surface area contributed by atoms with E-state index in [0.717, 1.165) is 24.3 Å². The first-order valence-corrected chi connectivity index (χ1v) is 6.26. The summed E-state index contributed by atoms with van der Waals surface area (Å²) in [5.74, 6) is 1.28. The number of nitrogens with zero attached hydrogens (tertiary/aromatic N) is 2. The summed E-state index contributed by atoms with van der Waals surface area (Å²) in [6.07, 6.45) is 9.05. The quantitative estimate of drug-likeness (QED) is 0.852. The fourth-order valence-corrected chi connectivity index (χ4v) is 2.66. The molecule has 1 fully saturated rings. The lowest BCUT2D eigenvalue weighted by molar-refractivity contribution is 0.0725. The second kappa shape index (κ2) is 5.39. The van der Waals surface area contributed by atoms with Gasteiger partial charge in [-0.05, 0) is 30.7 Å². The average Bonchev–Trinajstić information content (AvgIpc) is 2.39. The van der Waals surface area contributed by atoms with Gasteiger partial charge in [-0.3, -0.25) is 0 Å². The van der Waals surface area contributed by atoms with Crippen molar-refractivity contribution >= 4 is 0 Å². The first-order valence-electron chi connectivity index (χ1n) is 6.26. The molecule has 0 radical (unpaired) electrons. The van der Waals surface area contributed by atoms with E-state index in [1.165, 1.54) is 19.3 Å². The highest BCUT2D eigenvalue weighted by atomic mass is 16.3. The van der Waals surface area contributed by atoms with Crippen LogP contribution >= 0.6 is 0 Å². The van der Waals surface area contributed by atoms with Crippen LogP contribution in [0.3, 0.4) is 0 Å². The van der Waals surface area contributed by atoms with Gasteiger partial charge in [-0.2, -0.15) is 10.2 Å². The van der Waals surface area contributed by atoms with Crippen LogP contribution in [0.2, 0.25) is 0 Å². The number of aromatic nitrogens is 2. The summed E-state index contributed by atoms with van der Waals surface area (Å²) < 4.78 is 0. The number of aliphatic hydroxyl groups is 1. The molecule has 1 N–H and O–H groups in total. The molecule has 1 unspecified atom stereocenters. The van der Waals surface area contributed by atoms with Crippen molar-refractivity contribution in [2.75, 3.05) is 0 Å². The molecule has 3 nitrogen and oxygen atoms in total. The summed E-state index contributed by atoms with van der Waals surface area (Å²) in [6, 6.07) is 1.86. The Balaban J connectivity index is 1.94. The molecule has 1 aromatic heterocycles. The highest BCUT2D eigenvalue weighted by Gasteiger charge is 2.26. The summed E-state index contributed by atoms with van der Waals surface area (Å²) >= 11 is 0. The second-order valence-electron chi connectivity index (χ2n) is 4.81. The zero-order valence-electron chi connectivity index (χ0n) is 9.84. The van der Waals surface area contributed by atoms with Crippen molar-refractivity contribution in [3.8, 4) is 0 Å². The summed E-state index contributed by atoms with van der Waals surface area (Å²) in [7, 11) is 0. The van der Waals surface area contributed by atoms with E-state index in [1.807, 2.05) is 6.07 Å². The summed E-state index contributed by atoms with van der Waals surface area (Å²) in [4.78, 5) is 0. The minimum Gasteiger partial charge on any atom is -0.388 e. The van der Waals surface area contributed by atoms with Gasteiger partial charge in [0.2, 0.25) is 0 Å². The van der Waals surface area contributed by atoms with Crippen LogP contribution in [0, 0.1) is 11.8 Å². The molecule has 0 saturated heterocycles. The molecule has 1 aliphatic rings. The van der Waals surface area contributed by atoms with Crippen LogP contribution in [0.15, 0.2) is 18.5 Å². The topological polar surface area (TPSA) is 46.0 Å². The Morgan fingerprint density at radius 3 is 2.62 bits per heavy atom. The fraction of sp³-hybridized carbons (Fsp3) is 0.692. The predicted molar refractivity (Wildman–Crippen MR) is 62.7 cm³/mol. The maximum absolute atomic E-state index is 10.2.